The number of amides is 3. The van der Waals surface area contributed by atoms with E-state index < -0.39 is 17.9 Å². The van der Waals surface area contributed by atoms with E-state index in [1.165, 1.54) is 0 Å². The average molecular weight is 352 g/mol. The van der Waals surface area contributed by atoms with Crippen LogP contribution in [0.15, 0.2) is 18.2 Å². The van der Waals surface area contributed by atoms with Gasteiger partial charge in [0.15, 0.2) is 0 Å². The van der Waals surface area contributed by atoms with Crippen LogP contribution in [-0.4, -0.2) is 41.2 Å². The van der Waals surface area contributed by atoms with Crippen LogP contribution in [0.2, 0.25) is 0 Å². The van der Waals surface area contributed by atoms with E-state index in [4.69, 9.17) is 5.73 Å². The molecule has 24 heavy (non-hydrogen) atoms. The van der Waals surface area contributed by atoms with Crippen LogP contribution >= 0.6 is 12.4 Å². The molecule has 3 N–H and O–H groups in total. The molecule has 1 saturated carbocycles. The lowest BCUT2D eigenvalue weighted by molar-refractivity contribution is -0.124. The predicted molar refractivity (Wildman–Crippen MR) is 92.1 cm³/mol. The minimum Gasteiger partial charge on any atom is -0.353 e. The molecule has 1 fully saturated rings. The number of imide groups is 1. The summed E-state index contributed by atoms with van der Waals surface area (Å²) in [6, 6.07) is 4.19. The maximum Gasteiger partial charge on any atom is 0.262 e. The molecule has 1 aromatic carbocycles. The van der Waals surface area contributed by atoms with Crippen molar-refractivity contribution in [2.24, 2.45) is 11.7 Å². The first-order valence-corrected chi connectivity index (χ1v) is 7.92. The summed E-state index contributed by atoms with van der Waals surface area (Å²) in [5.74, 6) is -0.706. The zero-order valence-corrected chi connectivity index (χ0v) is 14.6. The second-order valence-electron chi connectivity index (χ2n) is 6.45. The fraction of sp³-hybridized carbons (Fsp3) is 0.471. The number of nitrogens with two attached hydrogens (primary N) is 1. The second-order valence-corrected chi connectivity index (χ2v) is 6.45. The first kappa shape index (κ1) is 18.4. The van der Waals surface area contributed by atoms with Crippen molar-refractivity contribution in [3.8, 4) is 0 Å². The van der Waals surface area contributed by atoms with E-state index in [2.05, 4.69) is 5.32 Å². The van der Waals surface area contributed by atoms with Gasteiger partial charge in [-0.1, -0.05) is 11.6 Å². The largest absolute Gasteiger partial charge is 0.353 e. The molecule has 3 rings (SSSR count). The fourth-order valence-corrected chi connectivity index (χ4v) is 2.90. The Labute approximate surface area is 147 Å². The summed E-state index contributed by atoms with van der Waals surface area (Å²) >= 11 is 0. The highest BCUT2D eigenvalue weighted by molar-refractivity contribution is 6.22. The molecule has 1 aliphatic carbocycles. The number of rotatable bonds is 5. The molecule has 6 nitrogen and oxygen atoms in total. The molecular formula is C17H22ClN3O3. The van der Waals surface area contributed by atoms with Crippen LogP contribution in [0.5, 0.6) is 0 Å². The minimum atomic E-state index is -0.853. The molecular weight excluding hydrogens is 330 g/mol. The monoisotopic (exact) mass is 351 g/mol. The Morgan fingerprint density at radius 3 is 2.54 bits per heavy atom. The molecule has 7 heteroatoms. The molecule has 2 unspecified atom stereocenters. The van der Waals surface area contributed by atoms with E-state index in [9.17, 15) is 14.4 Å². The highest BCUT2D eigenvalue weighted by Gasteiger charge is 2.41. The average Bonchev–Trinajstić information content (AvgIpc) is 3.33. The SMILES string of the molecule is Cc1ccc2c(c1)C(=O)N(C(C)C(=O)NCC(N)C1CC1)C2=O.Cl. The molecule has 0 aromatic heterocycles. The number of fused-ring (bicyclic) bond motifs is 1. The standard InChI is InChI=1S/C17H21N3O3.ClH/c1-9-3-6-12-13(7-9)17(23)20(16(12)22)10(2)15(21)19-8-14(18)11-4-5-11;/h3,6-7,10-11,14H,4-5,8,18H2,1-2H3,(H,19,21);1H. The summed E-state index contributed by atoms with van der Waals surface area (Å²) in [6.45, 7) is 3.79. The van der Waals surface area contributed by atoms with Crippen molar-refractivity contribution in [2.45, 2.75) is 38.8 Å². The molecule has 2 aliphatic rings. The summed E-state index contributed by atoms with van der Waals surface area (Å²) in [6.07, 6.45) is 2.20. The van der Waals surface area contributed by atoms with Gasteiger partial charge in [-0.15, -0.1) is 12.4 Å². The van der Waals surface area contributed by atoms with Gasteiger partial charge in [0.1, 0.15) is 6.04 Å². The smallest absolute Gasteiger partial charge is 0.262 e. The van der Waals surface area contributed by atoms with Gasteiger partial charge in [0.2, 0.25) is 5.91 Å². The maximum atomic E-state index is 12.5. The van der Waals surface area contributed by atoms with Crippen LogP contribution < -0.4 is 11.1 Å². The van der Waals surface area contributed by atoms with Gasteiger partial charge >= 0.3 is 0 Å². The van der Waals surface area contributed by atoms with Gasteiger partial charge in [0.05, 0.1) is 11.1 Å². The predicted octanol–water partition coefficient (Wildman–Crippen LogP) is 1.25. The number of aryl methyl sites for hydroxylation is 1. The van der Waals surface area contributed by atoms with E-state index in [0.717, 1.165) is 23.3 Å². The fourth-order valence-electron chi connectivity index (χ4n) is 2.90. The summed E-state index contributed by atoms with van der Waals surface area (Å²) in [5.41, 5.74) is 7.58. The Kier molecular flexibility index (Phi) is 5.30. The number of carbonyl (C=O) groups excluding carboxylic acids is 3. The third-order valence-corrected chi connectivity index (χ3v) is 4.58. The summed E-state index contributed by atoms with van der Waals surface area (Å²) in [7, 11) is 0. The Balaban J connectivity index is 0.00000208. The first-order valence-electron chi connectivity index (χ1n) is 7.92. The van der Waals surface area contributed by atoms with Gasteiger partial charge < -0.3 is 11.1 Å². The van der Waals surface area contributed by atoms with Crippen LogP contribution in [0, 0.1) is 12.8 Å². The minimum absolute atomic E-state index is 0. The molecule has 0 bridgehead atoms. The quantitative estimate of drug-likeness (QED) is 0.781. The molecule has 1 heterocycles. The third-order valence-electron chi connectivity index (χ3n) is 4.58. The van der Waals surface area contributed by atoms with Gasteiger partial charge in [-0.3, -0.25) is 19.3 Å². The molecule has 1 aliphatic heterocycles. The van der Waals surface area contributed by atoms with Gasteiger partial charge in [-0.2, -0.15) is 0 Å². The van der Waals surface area contributed by atoms with Crippen LogP contribution in [0.25, 0.3) is 0 Å². The molecule has 3 amide bonds. The second kappa shape index (κ2) is 6.91. The lowest BCUT2D eigenvalue weighted by atomic mass is 10.1. The number of nitrogens with zero attached hydrogens (tertiary/aromatic N) is 1. The maximum absolute atomic E-state index is 12.5. The Hall–Kier alpha value is -1.92. The van der Waals surface area contributed by atoms with Crippen LogP contribution in [0.4, 0.5) is 0 Å². The van der Waals surface area contributed by atoms with E-state index in [-0.39, 0.29) is 24.4 Å². The number of hydrogen-bond acceptors (Lipinski definition) is 4. The van der Waals surface area contributed by atoms with Crippen LogP contribution in [0.1, 0.15) is 46.0 Å². The van der Waals surface area contributed by atoms with Gasteiger partial charge in [-0.25, -0.2) is 0 Å². The molecule has 130 valence electrons. The molecule has 0 saturated heterocycles. The number of nitrogens with one attached hydrogen (secondary N) is 1. The molecule has 0 radical (unpaired) electrons. The highest BCUT2D eigenvalue weighted by atomic mass is 35.5. The third kappa shape index (κ3) is 3.30. The first-order chi connectivity index (χ1) is 10.9. The van der Waals surface area contributed by atoms with Crippen molar-refractivity contribution in [1.82, 2.24) is 10.2 Å². The van der Waals surface area contributed by atoms with Crippen molar-refractivity contribution < 1.29 is 14.4 Å². The lowest BCUT2D eigenvalue weighted by Gasteiger charge is -2.22. The number of benzene rings is 1. The van der Waals surface area contributed by atoms with Gasteiger partial charge in [0.25, 0.3) is 11.8 Å². The molecule has 1 aromatic rings. The van der Waals surface area contributed by atoms with Crippen LogP contribution in [-0.2, 0) is 4.79 Å². The Morgan fingerprint density at radius 1 is 1.29 bits per heavy atom. The highest BCUT2D eigenvalue weighted by Crippen LogP contribution is 2.31. The normalized spacial score (nSPS) is 18.7. The zero-order chi connectivity index (χ0) is 16.7. The van der Waals surface area contributed by atoms with Crippen molar-refractivity contribution in [1.29, 1.82) is 0 Å². The number of hydrogen-bond donors (Lipinski definition) is 2. The molecule has 0 spiro atoms. The van der Waals surface area contributed by atoms with E-state index >= 15 is 0 Å². The van der Waals surface area contributed by atoms with E-state index in [1.807, 2.05) is 6.92 Å². The number of carbonyl (C=O) groups is 3. The van der Waals surface area contributed by atoms with E-state index in [1.54, 1.807) is 25.1 Å². The zero-order valence-electron chi connectivity index (χ0n) is 13.7. The Bertz CT molecular complexity index is 688. The number of halogens is 1. The Morgan fingerprint density at radius 2 is 1.92 bits per heavy atom. The van der Waals surface area contributed by atoms with E-state index in [0.29, 0.717) is 23.6 Å². The van der Waals surface area contributed by atoms with Gasteiger partial charge in [0, 0.05) is 12.6 Å². The van der Waals surface area contributed by atoms with Crippen molar-refractivity contribution in [2.75, 3.05) is 6.54 Å². The summed E-state index contributed by atoms with van der Waals surface area (Å²) in [4.78, 5) is 38.2. The van der Waals surface area contributed by atoms with Crippen molar-refractivity contribution >= 4 is 30.1 Å². The summed E-state index contributed by atoms with van der Waals surface area (Å²) < 4.78 is 0. The lowest BCUT2D eigenvalue weighted by Crippen LogP contribution is -2.50. The topological polar surface area (TPSA) is 92.5 Å². The molecule has 2 atom stereocenters. The summed E-state index contributed by atoms with van der Waals surface area (Å²) in [5, 5.41) is 2.75. The van der Waals surface area contributed by atoms with Crippen LogP contribution in [0.3, 0.4) is 0 Å². The van der Waals surface area contributed by atoms with Crippen molar-refractivity contribution in [3.63, 3.8) is 0 Å². The van der Waals surface area contributed by atoms with Crippen molar-refractivity contribution in [3.05, 3.63) is 34.9 Å². The van der Waals surface area contributed by atoms with Gasteiger partial charge in [-0.05, 0) is 44.7 Å².